The summed E-state index contributed by atoms with van der Waals surface area (Å²) in [6.45, 7) is 3.14. The molecule has 6 rings (SSSR count). The number of aliphatic hydroxyl groups excluding tert-OH is 1. The van der Waals surface area contributed by atoms with Gasteiger partial charge in [0.15, 0.2) is 11.5 Å². The van der Waals surface area contributed by atoms with E-state index in [2.05, 4.69) is 11.9 Å². The first-order chi connectivity index (χ1) is 24.1. The number of nitrogens with two attached hydrogens (primary N) is 1. The number of rotatable bonds is 10. The molecule has 258 valence electrons. The molecule has 0 amide bonds. The van der Waals surface area contributed by atoms with Crippen molar-refractivity contribution < 1.29 is 33.0 Å². The monoisotopic (exact) mass is 682 g/mol. The van der Waals surface area contributed by atoms with Gasteiger partial charge in [-0.15, -0.1) is 0 Å². The molecule has 0 bridgehead atoms. The SMILES string of the molecule is COc1ccc(-c2cnc(N)c(-c3ccc(N(F)c4cn(CC5(C)CCOCC5)cc(-c5ccc(F)cc5)c4=O)cc3)c2)cc1OC(=O)CO. The van der Waals surface area contributed by atoms with E-state index < -0.39 is 23.8 Å². The number of anilines is 3. The maximum absolute atomic E-state index is 16.3. The molecule has 0 atom stereocenters. The van der Waals surface area contributed by atoms with Gasteiger partial charge in [-0.25, -0.2) is 14.2 Å². The molecule has 3 N–H and O–H groups in total. The zero-order valence-electron chi connectivity index (χ0n) is 27.6. The molecule has 50 heavy (non-hydrogen) atoms. The fourth-order valence-electron chi connectivity index (χ4n) is 6.01. The third-order valence-corrected chi connectivity index (χ3v) is 8.86. The van der Waals surface area contributed by atoms with Crippen molar-refractivity contribution in [2.24, 2.45) is 5.41 Å². The minimum atomic E-state index is -0.840. The first kappa shape index (κ1) is 34.3. The van der Waals surface area contributed by atoms with Crippen molar-refractivity contribution in [3.8, 4) is 44.9 Å². The Morgan fingerprint density at radius 3 is 2.30 bits per heavy atom. The maximum Gasteiger partial charge on any atom is 0.337 e. The fraction of sp³-hybridized carbons (Fsp3) is 0.237. The number of methoxy groups -OCH3 is 1. The van der Waals surface area contributed by atoms with E-state index >= 15 is 4.48 Å². The van der Waals surface area contributed by atoms with Crippen molar-refractivity contribution in [3.05, 3.63) is 107 Å². The summed E-state index contributed by atoms with van der Waals surface area (Å²) in [5, 5.41) is 9.48. The third-order valence-electron chi connectivity index (χ3n) is 8.86. The van der Waals surface area contributed by atoms with Gasteiger partial charge in [0.05, 0.1) is 12.8 Å². The van der Waals surface area contributed by atoms with Crippen LogP contribution in [0.5, 0.6) is 11.5 Å². The molecule has 10 nitrogen and oxygen atoms in total. The van der Waals surface area contributed by atoms with Gasteiger partial charge in [0, 0.05) is 55.0 Å². The molecule has 3 aromatic carbocycles. The highest BCUT2D eigenvalue weighted by Gasteiger charge is 2.29. The zero-order valence-corrected chi connectivity index (χ0v) is 27.6. The first-order valence-corrected chi connectivity index (χ1v) is 16.0. The molecule has 12 heteroatoms. The van der Waals surface area contributed by atoms with Crippen molar-refractivity contribution in [3.63, 3.8) is 0 Å². The summed E-state index contributed by atoms with van der Waals surface area (Å²) in [5.74, 6) is -0.618. The van der Waals surface area contributed by atoms with Crippen LogP contribution in [0, 0.1) is 11.2 Å². The maximum atomic E-state index is 16.3. The number of nitrogen functional groups attached to an aromatic ring is 1. The number of carbonyl (C=O) groups excluding carboxylic acids is 1. The van der Waals surface area contributed by atoms with Gasteiger partial charge in [-0.1, -0.05) is 41.7 Å². The number of hydrogen-bond donors (Lipinski definition) is 2. The lowest BCUT2D eigenvalue weighted by Crippen LogP contribution is -2.31. The predicted octanol–water partition coefficient (Wildman–Crippen LogP) is 6.71. The predicted molar refractivity (Wildman–Crippen MR) is 186 cm³/mol. The van der Waals surface area contributed by atoms with Crippen LogP contribution in [0.2, 0.25) is 0 Å². The molecule has 0 saturated carbocycles. The Bertz CT molecular complexity index is 2060. The molecule has 1 fully saturated rings. The molecular formula is C38H36F2N4O6. The van der Waals surface area contributed by atoms with E-state index in [0.717, 1.165) is 12.8 Å². The molecule has 1 saturated heterocycles. The second-order valence-corrected chi connectivity index (χ2v) is 12.5. The standard InChI is InChI=1S/C38H36F2N4O6/c1-38(13-15-49-16-14-38)23-43-20-31(25-3-8-28(39)9-4-25)36(47)32(21-43)44(40)29-10-5-24(6-11-29)30-17-27(19-42-37(30)41)26-7-12-33(48-2)34(18-26)50-35(46)22-45/h3-12,17-21,45H,13-16,22-23H2,1-2H3,(H2,41,42). The number of esters is 1. The van der Waals surface area contributed by atoms with Crippen LogP contribution >= 0.6 is 0 Å². The number of aliphatic hydroxyl groups is 1. The van der Waals surface area contributed by atoms with E-state index in [1.165, 1.54) is 49.7 Å². The van der Waals surface area contributed by atoms with Crippen LogP contribution in [0.25, 0.3) is 33.4 Å². The number of nitrogens with zero attached hydrogens (tertiary/aromatic N) is 3. The van der Waals surface area contributed by atoms with Crippen molar-refractivity contribution in [2.45, 2.75) is 26.3 Å². The Labute approximate surface area is 287 Å². The van der Waals surface area contributed by atoms with Gasteiger partial charge in [-0.05, 0) is 77.4 Å². The molecule has 3 heterocycles. The number of benzene rings is 3. The average Bonchev–Trinajstić information content (AvgIpc) is 3.13. The van der Waals surface area contributed by atoms with E-state index in [1.54, 1.807) is 48.8 Å². The molecule has 5 aromatic rings. The minimum Gasteiger partial charge on any atom is -0.493 e. The third kappa shape index (κ3) is 7.36. The average molecular weight is 683 g/mol. The van der Waals surface area contributed by atoms with Gasteiger partial charge in [0.25, 0.3) is 0 Å². The zero-order chi connectivity index (χ0) is 35.4. The first-order valence-electron chi connectivity index (χ1n) is 16.0. The molecule has 2 aromatic heterocycles. The van der Waals surface area contributed by atoms with Gasteiger partial charge in [0.2, 0.25) is 5.43 Å². The van der Waals surface area contributed by atoms with Crippen LogP contribution in [0.4, 0.5) is 26.1 Å². The largest absolute Gasteiger partial charge is 0.493 e. The highest BCUT2D eigenvalue weighted by atomic mass is 19.2. The van der Waals surface area contributed by atoms with Crippen LogP contribution in [-0.2, 0) is 16.1 Å². The van der Waals surface area contributed by atoms with Crippen LogP contribution in [-0.4, -0.2) is 47.6 Å². The minimum absolute atomic E-state index is 0.110. The lowest BCUT2D eigenvalue weighted by molar-refractivity contribution is -0.137. The Kier molecular flexibility index (Phi) is 9.93. The Balaban J connectivity index is 1.33. The van der Waals surface area contributed by atoms with Gasteiger partial charge < -0.3 is 29.6 Å². The fourth-order valence-corrected chi connectivity index (χ4v) is 6.01. The molecule has 0 spiro atoms. The smallest absolute Gasteiger partial charge is 0.337 e. The van der Waals surface area contributed by atoms with E-state index in [1.807, 2.05) is 4.57 Å². The van der Waals surface area contributed by atoms with Crippen molar-refractivity contribution in [1.29, 1.82) is 0 Å². The molecule has 1 aliphatic heterocycles. The van der Waals surface area contributed by atoms with Crippen molar-refractivity contribution in [2.75, 3.05) is 37.8 Å². The van der Waals surface area contributed by atoms with E-state index in [0.29, 0.717) is 58.4 Å². The molecule has 0 radical (unpaired) electrons. The number of pyridine rings is 2. The molecular weight excluding hydrogens is 646 g/mol. The van der Waals surface area contributed by atoms with Gasteiger partial charge in [0.1, 0.15) is 23.9 Å². The Hall–Kier alpha value is -5.59. The number of halogens is 2. The van der Waals surface area contributed by atoms with E-state index in [4.69, 9.17) is 25.1 Å². The summed E-state index contributed by atoms with van der Waals surface area (Å²) in [4.78, 5) is 29.8. The highest BCUT2D eigenvalue weighted by Crippen LogP contribution is 2.37. The lowest BCUT2D eigenvalue weighted by Gasteiger charge is -2.34. The highest BCUT2D eigenvalue weighted by molar-refractivity contribution is 5.82. The second-order valence-electron chi connectivity index (χ2n) is 12.5. The van der Waals surface area contributed by atoms with Crippen LogP contribution in [0.15, 0.2) is 96.2 Å². The Morgan fingerprint density at radius 2 is 1.62 bits per heavy atom. The van der Waals surface area contributed by atoms with Crippen molar-refractivity contribution >= 4 is 23.2 Å². The summed E-state index contributed by atoms with van der Waals surface area (Å²) in [6, 6.07) is 18.7. The molecule has 0 unspecified atom stereocenters. The summed E-state index contributed by atoms with van der Waals surface area (Å²) in [7, 11) is 1.43. The molecule has 1 aliphatic rings. The van der Waals surface area contributed by atoms with Crippen LogP contribution in [0.3, 0.4) is 0 Å². The van der Waals surface area contributed by atoms with Crippen LogP contribution < -0.4 is 25.8 Å². The second kappa shape index (κ2) is 14.5. The normalized spacial score (nSPS) is 13.9. The Morgan fingerprint density at radius 1 is 0.960 bits per heavy atom. The number of aromatic nitrogens is 2. The summed E-state index contributed by atoms with van der Waals surface area (Å²) in [5.41, 5.74) is 8.75. The van der Waals surface area contributed by atoms with Crippen LogP contribution in [0.1, 0.15) is 19.8 Å². The summed E-state index contributed by atoms with van der Waals surface area (Å²) in [6.07, 6.45) is 6.41. The van der Waals surface area contributed by atoms with Gasteiger partial charge in [-0.2, -0.15) is 5.12 Å². The lowest BCUT2D eigenvalue weighted by atomic mass is 9.82. The summed E-state index contributed by atoms with van der Waals surface area (Å²) < 4.78 is 47.9. The quantitative estimate of drug-likeness (QED) is 0.0938. The number of hydrogen-bond acceptors (Lipinski definition) is 9. The van der Waals surface area contributed by atoms with Crippen molar-refractivity contribution in [1.82, 2.24) is 9.55 Å². The summed E-state index contributed by atoms with van der Waals surface area (Å²) >= 11 is 0. The van der Waals surface area contributed by atoms with E-state index in [9.17, 15) is 14.0 Å². The number of carbonyl (C=O) groups is 1. The van der Waals surface area contributed by atoms with Gasteiger partial charge in [-0.3, -0.25) is 4.79 Å². The van der Waals surface area contributed by atoms with E-state index in [-0.39, 0.29) is 33.9 Å². The molecule has 0 aliphatic carbocycles. The van der Waals surface area contributed by atoms with Gasteiger partial charge >= 0.3 is 5.97 Å². The topological polar surface area (TPSA) is 129 Å². The number of ether oxygens (including phenoxy) is 3.